The first kappa shape index (κ1) is 16.5. The number of carbonyl (C=O) groups excluding carboxylic acids is 1. The Morgan fingerprint density at radius 1 is 1.65 bits per heavy atom. The predicted octanol–water partition coefficient (Wildman–Crippen LogP) is 0.643. The largest absolute Gasteiger partial charge is 0.468 e. The molecule has 1 atom stereocenters. The van der Waals surface area contributed by atoms with Gasteiger partial charge in [0.1, 0.15) is 11.6 Å². The van der Waals surface area contributed by atoms with Crippen LogP contribution in [0.2, 0.25) is 5.02 Å². The Labute approximate surface area is 121 Å². The fraction of sp³-hybridized carbons (Fsp3) is 0.583. The van der Waals surface area contributed by atoms with E-state index >= 15 is 0 Å². The minimum Gasteiger partial charge on any atom is -0.468 e. The third-order valence-electron chi connectivity index (χ3n) is 2.69. The highest BCUT2D eigenvalue weighted by molar-refractivity contribution is 6.32. The van der Waals surface area contributed by atoms with Crippen LogP contribution >= 0.6 is 11.6 Å². The van der Waals surface area contributed by atoms with E-state index in [0.717, 1.165) is 11.1 Å². The lowest BCUT2D eigenvalue weighted by atomic mass is 10.2. The molecule has 0 aromatic carbocycles. The minimum absolute atomic E-state index is 0.0280. The Balaban J connectivity index is 2.83. The van der Waals surface area contributed by atoms with Crippen molar-refractivity contribution in [3.05, 3.63) is 21.6 Å². The number of nitrogens with one attached hydrogen (secondary N) is 1. The minimum atomic E-state index is -0.576. The van der Waals surface area contributed by atoms with Gasteiger partial charge in [0.25, 0.3) is 5.56 Å². The molecule has 7 nitrogen and oxygen atoms in total. The van der Waals surface area contributed by atoms with E-state index < -0.39 is 11.5 Å². The molecule has 0 spiro atoms. The average Bonchev–Trinajstić information content (AvgIpc) is 2.44. The fourth-order valence-corrected chi connectivity index (χ4v) is 1.80. The summed E-state index contributed by atoms with van der Waals surface area (Å²) < 4.78 is 5.41. The standard InChI is InChI=1S/C12H18ClN3O4/c1-8(4-3-5-17)15-9-6-14-16(7-10(18)20-2)12(19)11(9)13/h6,8,15,17H,3-5,7H2,1-2H3. The number of carbonyl (C=O) groups is 1. The lowest BCUT2D eigenvalue weighted by Crippen LogP contribution is -2.29. The molecule has 1 rings (SSSR count). The summed E-state index contributed by atoms with van der Waals surface area (Å²) in [6, 6.07) is 0.0392. The molecule has 0 fully saturated rings. The maximum Gasteiger partial charge on any atom is 0.327 e. The molecule has 112 valence electrons. The van der Waals surface area contributed by atoms with Gasteiger partial charge in [-0.05, 0) is 19.8 Å². The van der Waals surface area contributed by atoms with Gasteiger partial charge < -0.3 is 15.2 Å². The lowest BCUT2D eigenvalue weighted by molar-refractivity contribution is -0.141. The molecular weight excluding hydrogens is 286 g/mol. The zero-order valence-corrected chi connectivity index (χ0v) is 12.2. The highest BCUT2D eigenvalue weighted by Crippen LogP contribution is 2.17. The first-order valence-electron chi connectivity index (χ1n) is 6.19. The molecular formula is C12H18ClN3O4. The molecule has 0 aliphatic carbocycles. The molecule has 0 aliphatic heterocycles. The van der Waals surface area contributed by atoms with Gasteiger partial charge in [0.2, 0.25) is 0 Å². The predicted molar refractivity (Wildman–Crippen MR) is 74.9 cm³/mol. The molecule has 0 saturated heterocycles. The van der Waals surface area contributed by atoms with Gasteiger partial charge in [-0.2, -0.15) is 5.10 Å². The molecule has 1 aromatic heterocycles. The van der Waals surface area contributed by atoms with Crippen molar-refractivity contribution in [1.82, 2.24) is 9.78 Å². The Morgan fingerprint density at radius 3 is 2.95 bits per heavy atom. The van der Waals surface area contributed by atoms with Crippen molar-refractivity contribution < 1.29 is 14.6 Å². The van der Waals surface area contributed by atoms with Crippen LogP contribution in [0.25, 0.3) is 0 Å². The van der Waals surface area contributed by atoms with Crippen molar-refractivity contribution in [1.29, 1.82) is 0 Å². The number of ether oxygens (including phenoxy) is 1. The van der Waals surface area contributed by atoms with Gasteiger partial charge in [-0.3, -0.25) is 9.59 Å². The van der Waals surface area contributed by atoms with Crippen molar-refractivity contribution in [2.24, 2.45) is 0 Å². The van der Waals surface area contributed by atoms with Crippen molar-refractivity contribution in [2.45, 2.75) is 32.4 Å². The van der Waals surface area contributed by atoms with Crippen molar-refractivity contribution in [2.75, 3.05) is 19.0 Å². The zero-order valence-electron chi connectivity index (χ0n) is 11.4. The number of anilines is 1. The number of nitrogens with zero attached hydrogens (tertiary/aromatic N) is 2. The van der Waals surface area contributed by atoms with Crippen LogP contribution in [0.4, 0.5) is 5.69 Å². The topological polar surface area (TPSA) is 93.5 Å². The van der Waals surface area contributed by atoms with Crippen molar-refractivity contribution in [3.63, 3.8) is 0 Å². The number of rotatable bonds is 7. The van der Waals surface area contributed by atoms with Crippen LogP contribution in [0.1, 0.15) is 19.8 Å². The van der Waals surface area contributed by atoms with Crippen LogP contribution < -0.4 is 10.9 Å². The molecule has 1 unspecified atom stereocenters. The van der Waals surface area contributed by atoms with Crippen LogP contribution in [-0.2, 0) is 16.1 Å². The summed E-state index contributed by atoms with van der Waals surface area (Å²) in [5.74, 6) is -0.576. The number of aromatic nitrogens is 2. The third kappa shape index (κ3) is 4.50. The van der Waals surface area contributed by atoms with Gasteiger partial charge in [-0.25, -0.2) is 4.68 Å². The van der Waals surface area contributed by atoms with Crippen LogP contribution in [0.5, 0.6) is 0 Å². The van der Waals surface area contributed by atoms with Crippen molar-refractivity contribution >= 4 is 23.3 Å². The number of methoxy groups -OCH3 is 1. The Bertz CT molecular complexity index is 518. The van der Waals surface area contributed by atoms with E-state index in [2.05, 4.69) is 15.2 Å². The van der Waals surface area contributed by atoms with Crippen LogP contribution in [0.3, 0.4) is 0 Å². The number of halogens is 1. The number of hydrogen-bond donors (Lipinski definition) is 2. The first-order chi connectivity index (χ1) is 9.49. The van der Waals surface area contributed by atoms with Gasteiger partial charge in [0.05, 0.1) is 19.0 Å². The quantitative estimate of drug-likeness (QED) is 0.718. The normalized spacial score (nSPS) is 12.0. The van der Waals surface area contributed by atoms with Gasteiger partial charge in [-0.15, -0.1) is 0 Å². The second-order valence-corrected chi connectivity index (χ2v) is 4.70. The van der Waals surface area contributed by atoms with E-state index in [4.69, 9.17) is 16.7 Å². The fourth-order valence-electron chi connectivity index (χ4n) is 1.60. The lowest BCUT2D eigenvalue weighted by Gasteiger charge is -2.15. The number of hydrogen-bond acceptors (Lipinski definition) is 6. The SMILES string of the molecule is COC(=O)Cn1ncc(NC(C)CCCO)c(Cl)c1=O. The summed E-state index contributed by atoms with van der Waals surface area (Å²) in [7, 11) is 1.23. The van der Waals surface area contributed by atoms with E-state index in [1.54, 1.807) is 0 Å². The summed E-state index contributed by atoms with van der Waals surface area (Å²) in [6.07, 6.45) is 2.78. The monoisotopic (exact) mass is 303 g/mol. The maximum atomic E-state index is 11.9. The summed E-state index contributed by atoms with van der Waals surface area (Å²) in [4.78, 5) is 23.0. The summed E-state index contributed by atoms with van der Waals surface area (Å²) in [5, 5.41) is 15.6. The van der Waals surface area contributed by atoms with Crippen molar-refractivity contribution in [3.8, 4) is 0 Å². The molecule has 8 heteroatoms. The van der Waals surface area contributed by atoms with Crippen LogP contribution in [0, 0.1) is 0 Å². The number of aliphatic hydroxyl groups excluding tert-OH is 1. The van der Waals surface area contributed by atoms with E-state index in [0.29, 0.717) is 12.1 Å². The molecule has 1 aromatic rings. The number of aliphatic hydroxyl groups is 1. The molecule has 0 radical (unpaired) electrons. The number of esters is 1. The molecule has 2 N–H and O–H groups in total. The molecule has 0 amide bonds. The first-order valence-corrected chi connectivity index (χ1v) is 6.57. The summed E-state index contributed by atoms with van der Waals surface area (Å²) >= 11 is 5.97. The highest BCUT2D eigenvalue weighted by atomic mass is 35.5. The zero-order chi connectivity index (χ0) is 15.1. The van der Waals surface area contributed by atoms with E-state index in [9.17, 15) is 9.59 Å². The Hall–Kier alpha value is -1.60. The smallest absolute Gasteiger partial charge is 0.327 e. The van der Waals surface area contributed by atoms with Gasteiger partial charge in [-0.1, -0.05) is 11.6 Å². The van der Waals surface area contributed by atoms with Gasteiger partial charge in [0, 0.05) is 12.6 Å². The average molecular weight is 304 g/mol. The second kappa shape index (κ2) is 7.86. The molecule has 20 heavy (non-hydrogen) atoms. The summed E-state index contributed by atoms with van der Waals surface area (Å²) in [6.45, 7) is 1.74. The summed E-state index contributed by atoms with van der Waals surface area (Å²) in [5.41, 5.74) is -0.153. The molecule has 0 bridgehead atoms. The van der Waals surface area contributed by atoms with E-state index in [1.165, 1.54) is 13.3 Å². The second-order valence-electron chi connectivity index (χ2n) is 4.32. The van der Waals surface area contributed by atoms with Gasteiger partial charge in [0.15, 0.2) is 0 Å². The third-order valence-corrected chi connectivity index (χ3v) is 3.05. The van der Waals surface area contributed by atoms with E-state index in [-0.39, 0.29) is 24.2 Å². The highest BCUT2D eigenvalue weighted by Gasteiger charge is 2.13. The van der Waals surface area contributed by atoms with Crippen LogP contribution in [0.15, 0.2) is 11.0 Å². The molecule has 0 aliphatic rings. The van der Waals surface area contributed by atoms with Gasteiger partial charge >= 0.3 is 5.97 Å². The molecule has 1 heterocycles. The maximum absolute atomic E-state index is 11.9. The Kier molecular flexibility index (Phi) is 6.47. The van der Waals surface area contributed by atoms with Crippen LogP contribution in [-0.4, -0.2) is 40.6 Å². The van der Waals surface area contributed by atoms with E-state index in [1.807, 2.05) is 6.92 Å². The molecule has 0 saturated carbocycles. The Morgan fingerprint density at radius 2 is 2.35 bits per heavy atom.